The van der Waals surface area contributed by atoms with Gasteiger partial charge in [0.05, 0.1) is 18.1 Å². The lowest BCUT2D eigenvalue weighted by Gasteiger charge is -2.48. The molecule has 3 aliphatic rings. The van der Waals surface area contributed by atoms with Crippen LogP contribution < -0.4 is 11.1 Å². The van der Waals surface area contributed by atoms with Crippen LogP contribution in [0.15, 0.2) is 41.6 Å². The monoisotopic (exact) mass is 461 g/mol. The van der Waals surface area contributed by atoms with Crippen LogP contribution in [-0.4, -0.2) is 83.3 Å². The van der Waals surface area contributed by atoms with Gasteiger partial charge in [-0.25, -0.2) is 14.4 Å². The third-order valence-corrected chi connectivity index (χ3v) is 5.77. The second-order valence-electron chi connectivity index (χ2n) is 7.84. The topological polar surface area (TPSA) is 164 Å². The van der Waals surface area contributed by atoms with Gasteiger partial charge in [-0.2, -0.15) is 0 Å². The summed E-state index contributed by atoms with van der Waals surface area (Å²) in [7, 11) is 0. The van der Waals surface area contributed by atoms with Gasteiger partial charge < -0.3 is 30.1 Å². The number of nitrogens with one attached hydrogen (secondary N) is 1. The van der Waals surface area contributed by atoms with Crippen LogP contribution in [0, 0.1) is 11.8 Å². The zero-order valence-electron chi connectivity index (χ0n) is 18.2. The Balaban J connectivity index is 1.78. The third kappa shape index (κ3) is 4.60. The summed E-state index contributed by atoms with van der Waals surface area (Å²) in [5.41, 5.74) is 6.28. The van der Waals surface area contributed by atoms with Crippen molar-refractivity contribution in [2.75, 3.05) is 26.3 Å². The Bertz CT molecular complexity index is 941. The summed E-state index contributed by atoms with van der Waals surface area (Å²) in [6.45, 7) is 8.70. The van der Waals surface area contributed by atoms with Crippen LogP contribution in [0.2, 0.25) is 0 Å². The highest BCUT2D eigenvalue weighted by Crippen LogP contribution is 2.50. The zero-order chi connectivity index (χ0) is 24.3. The Kier molecular flexibility index (Phi) is 7.16. The third-order valence-electron chi connectivity index (χ3n) is 5.77. The van der Waals surface area contributed by atoms with Crippen LogP contribution in [0.4, 0.5) is 9.59 Å². The number of urea groups is 1. The van der Waals surface area contributed by atoms with Crippen molar-refractivity contribution in [2.45, 2.75) is 25.5 Å². The van der Waals surface area contributed by atoms with E-state index in [9.17, 15) is 24.3 Å². The first-order valence-electron chi connectivity index (χ1n) is 10.4. The lowest BCUT2D eigenvalue weighted by molar-refractivity contribution is -0.164. The van der Waals surface area contributed by atoms with Crippen LogP contribution in [0.5, 0.6) is 0 Å². The number of amides is 4. The molecule has 33 heavy (non-hydrogen) atoms. The lowest BCUT2D eigenvalue weighted by Crippen LogP contribution is -2.64. The van der Waals surface area contributed by atoms with Gasteiger partial charge in [0, 0.05) is 19.0 Å². The molecule has 0 aliphatic carbocycles. The number of esters is 1. The Labute approximate surface area is 190 Å². The number of piperidine rings is 1. The maximum atomic E-state index is 12.7. The van der Waals surface area contributed by atoms with Crippen molar-refractivity contribution in [3.63, 3.8) is 0 Å². The summed E-state index contributed by atoms with van der Waals surface area (Å²) >= 11 is 0. The van der Waals surface area contributed by atoms with E-state index < -0.39 is 36.1 Å². The Morgan fingerprint density at radius 2 is 1.97 bits per heavy atom. The lowest BCUT2D eigenvalue weighted by atomic mass is 9.74. The molecule has 0 spiro atoms. The number of rotatable bonds is 6. The minimum Gasteiger partial charge on any atom is -0.457 e. The van der Waals surface area contributed by atoms with E-state index in [-0.39, 0.29) is 43.3 Å². The van der Waals surface area contributed by atoms with Crippen LogP contribution >= 0.6 is 0 Å². The van der Waals surface area contributed by atoms with Crippen LogP contribution in [0.25, 0.3) is 0 Å². The van der Waals surface area contributed by atoms with Gasteiger partial charge in [-0.1, -0.05) is 25.3 Å². The van der Waals surface area contributed by atoms with E-state index in [1.54, 1.807) is 6.92 Å². The standard InChI is InChI=1S/C21H27N5O7/c1-4-8-32-18(29)16-13-10-25(20(30)23-19(22)24-21(31)33-9-5-2)7-6-12(13)15-14(11(3)27)17(28)26(15)16/h4-5,11-12,14-15,27H,1-2,6-10H2,3H3,(H3,22,23,24,30,31)/t11-,12+,14-,15-/m1/s1. The molecule has 0 bridgehead atoms. The van der Waals surface area contributed by atoms with Gasteiger partial charge in [0.2, 0.25) is 11.9 Å². The van der Waals surface area contributed by atoms with Crippen molar-refractivity contribution in [2.24, 2.45) is 22.6 Å². The fourth-order valence-corrected chi connectivity index (χ4v) is 4.45. The predicted octanol–water partition coefficient (Wildman–Crippen LogP) is -0.140. The molecule has 3 heterocycles. The van der Waals surface area contributed by atoms with Crippen LogP contribution in [0.3, 0.4) is 0 Å². The number of nitrogens with zero attached hydrogens (tertiary/aromatic N) is 3. The Hall–Kier alpha value is -3.67. The number of aliphatic hydroxyl groups excluding tert-OH is 1. The molecule has 178 valence electrons. The van der Waals surface area contributed by atoms with E-state index in [1.165, 1.54) is 22.0 Å². The highest BCUT2D eigenvalue weighted by atomic mass is 16.5. The second kappa shape index (κ2) is 9.86. The number of ether oxygens (including phenoxy) is 2. The Morgan fingerprint density at radius 3 is 2.61 bits per heavy atom. The highest BCUT2D eigenvalue weighted by Gasteiger charge is 2.61. The number of carbonyl (C=O) groups excluding carboxylic acids is 4. The summed E-state index contributed by atoms with van der Waals surface area (Å²) in [5.74, 6) is -2.32. The molecule has 12 heteroatoms. The average Bonchev–Trinajstić information content (AvgIpc) is 3.05. The molecule has 0 radical (unpaired) electrons. The first-order valence-corrected chi connectivity index (χ1v) is 10.4. The van der Waals surface area contributed by atoms with Gasteiger partial charge in [-0.15, -0.1) is 4.99 Å². The van der Waals surface area contributed by atoms with E-state index in [1.807, 2.05) is 0 Å². The van der Waals surface area contributed by atoms with E-state index in [0.29, 0.717) is 18.5 Å². The molecule has 0 saturated carbocycles. The van der Waals surface area contributed by atoms with Crippen molar-refractivity contribution in [1.82, 2.24) is 15.1 Å². The molecular weight excluding hydrogens is 434 g/mol. The number of hydrogen-bond acceptors (Lipinski definition) is 7. The molecule has 4 amide bonds. The molecule has 3 rings (SSSR count). The molecule has 0 aromatic carbocycles. The van der Waals surface area contributed by atoms with Crippen molar-refractivity contribution in [3.05, 3.63) is 36.6 Å². The second-order valence-corrected chi connectivity index (χ2v) is 7.84. The molecular formula is C21H27N5O7. The molecule has 2 saturated heterocycles. The molecule has 4 atom stereocenters. The number of hydrogen-bond donors (Lipinski definition) is 3. The van der Waals surface area contributed by atoms with Gasteiger partial charge in [-0.05, 0) is 18.9 Å². The van der Waals surface area contributed by atoms with Gasteiger partial charge in [-0.3, -0.25) is 10.1 Å². The van der Waals surface area contributed by atoms with Crippen molar-refractivity contribution in [3.8, 4) is 0 Å². The molecule has 3 aliphatic heterocycles. The quantitative estimate of drug-likeness (QED) is 0.162. The van der Waals surface area contributed by atoms with Gasteiger partial charge >= 0.3 is 18.1 Å². The maximum Gasteiger partial charge on any atom is 0.437 e. The molecule has 4 N–H and O–H groups in total. The predicted molar refractivity (Wildman–Crippen MR) is 115 cm³/mol. The van der Waals surface area contributed by atoms with Gasteiger partial charge in [0.15, 0.2) is 0 Å². The highest BCUT2D eigenvalue weighted by molar-refractivity contribution is 6.02. The fraction of sp³-hybridized carbons (Fsp3) is 0.476. The number of nitrogens with two attached hydrogens (primary N) is 1. The van der Waals surface area contributed by atoms with E-state index in [0.717, 1.165) is 0 Å². The van der Waals surface area contributed by atoms with E-state index in [2.05, 4.69) is 28.2 Å². The van der Waals surface area contributed by atoms with Gasteiger partial charge in [0.25, 0.3) is 0 Å². The molecule has 12 nitrogen and oxygen atoms in total. The number of likely N-dealkylation sites (tertiary alicyclic amines) is 1. The summed E-state index contributed by atoms with van der Waals surface area (Å²) < 4.78 is 9.84. The molecule has 0 aromatic rings. The summed E-state index contributed by atoms with van der Waals surface area (Å²) in [5, 5.41) is 12.4. The smallest absolute Gasteiger partial charge is 0.437 e. The molecule has 2 fully saturated rings. The first-order chi connectivity index (χ1) is 15.7. The largest absolute Gasteiger partial charge is 0.457 e. The summed E-state index contributed by atoms with van der Waals surface area (Å²) in [6, 6.07) is -1.000. The zero-order valence-corrected chi connectivity index (χ0v) is 18.2. The Morgan fingerprint density at radius 1 is 1.30 bits per heavy atom. The van der Waals surface area contributed by atoms with Gasteiger partial charge in [0.1, 0.15) is 18.9 Å². The molecule has 0 aromatic heterocycles. The number of aliphatic hydroxyl groups is 1. The van der Waals surface area contributed by atoms with Crippen molar-refractivity contribution < 1.29 is 33.8 Å². The van der Waals surface area contributed by atoms with Crippen molar-refractivity contribution >= 4 is 30.0 Å². The normalized spacial score (nSPS) is 24.8. The molecule has 0 unspecified atom stereocenters. The van der Waals surface area contributed by atoms with Crippen molar-refractivity contribution in [1.29, 1.82) is 0 Å². The number of guanidine groups is 1. The average molecular weight is 461 g/mol. The maximum absolute atomic E-state index is 12.7. The van der Waals surface area contributed by atoms with E-state index in [4.69, 9.17) is 10.5 Å². The summed E-state index contributed by atoms with van der Waals surface area (Å²) in [6.07, 6.45) is 1.37. The fourth-order valence-electron chi connectivity index (χ4n) is 4.45. The minimum absolute atomic E-state index is 0.0358. The van der Waals surface area contributed by atoms with Crippen LogP contribution in [-0.2, 0) is 19.1 Å². The number of carbonyl (C=O) groups is 4. The number of fused-ring (bicyclic) bond motifs is 3. The van der Waals surface area contributed by atoms with Crippen LogP contribution in [0.1, 0.15) is 13.3 Å². The first kappa shape index (κ1) is 24.0. The number of aliphatic imine (C=N–C) groups is 1. The number of β-lactam (4-membered cyclic amide) rings is 1. The minimum atomic E-state index is -0.982. The SMILES string of the molecule is C=CCOC(=O)/N=C(\N)NC(=O)N1CC[C@H]2C(=C(C(=O)OCC=C)N3C(=O)[C@H]([C@@H](C)O)[C@@H]23)C1. The summed E-state index contributed by atoms with van der Waals surface area (Å²) in [4.78, 5) is 55.8. The van der Waals surface area contributed by atoms with E-state index >= 15 is 0 Å².